The highest BCUT2D eigenvalue weighted by atomic mass is 16.3. The Kier molecular flexibility index (Phi) is 3.34. The summed E-state index contributed by atoms with van der Waals surface area (Å²) in [5, 5.41) is 15.7. The van der Waals surface area contributed by atoms with Crippen molar-refractivity contribution < 1.29 is 5.11 Å². The molecule has 1 aromatic heterocycles. The molecule has 4 heteroatoms. The van der Waals surface area contributed by atoms with E-state index in [-0.39, 0.29) is 0 Å². The molecule has 116 valence electrons. The third-order valence-corrected chi connectivity index (χ3v) is 5.61. The summed E-state index contributed by atoms with van der Waals surface area (Å²) in [5.74, 6) is 0. The number of nitrogens with zero attached hydrogens (tertiary/aromatic N) is 3. The summed E-state index contributed by atoms with van der Waals surface area (Å²) in [6.07, 6.45) is 11.5. The van der Waals surface area contributed by atoms with Crippen LogP contribution in [0.4, 0.5) is 0 Å². The zero-order valence-corrected chi connectivity index (χ0v) is 13.0. The lowest BCUT2D eigenvalue weighted by Crippen LogP contribution is -2.36. The summed E-state index contributed by atoms with van der Waals surface area (Å²) < 4.78 is 2.14. The second-order valence-electron chi connectivity index (χ2n) is 7.58. The van der Waals surface area contributed by atoms with E-state index in [0.29, 0.717) is 18.5 Å². The van der Waals surface area contributed by atoms with Crippen LogP contribution in [0.25, 0.3) is 0 Å². The van der Waals surface area contributed by atoms with Gasteiger partial charge in [0.25, 0.3) is 0 Å². The SMILES string of the molecule is CC1CC(O)(Cc2ccn(C3CCCC3)n2)CN1C1CC1. The highest BCUT2D eigenvalue weighted by molar-refractivity contribution is 5.10. The van der Waals surface area contributed by atoms with E-state index in [9.17, 15) is 5.11 Å². The lowest BCUT2D eigenvalue weighted by atomic mass is 9.95. The average molecular weight is 289 g/mol. The van der Waals surface area contributed by atoms with Crippen molar-refractivity contribution in [1.82, 2.24) is 14.7 Å². The van der Waals surface area contributed by atoms with Crippen molar-refractivity contribution >= 4 is 0 Å². The van der Waals surface area contributed by atoms with Gasteiger partial charge in [-0.1, -0.05) is 12.8 Å². The smallest absolute Gasteiger partial charge is 0.0844 e. The summed E-state index contributed by atoms with van der Waals surface area (Å²) in [5.41, 5.74) is 0.492. The van der Waals surface area contributed by atoms with E-state index in [1.165, 1.54) is 38.5 Å². The average Bonchev–Trinajstić information content (AvgIpc) is 2.87. The molecule has 2 unspecified atom stereocenters. The van der Waals surface area contributed by atoms with Gasteiger partial charge in [0.15, 0.2) is 0 Å². The first-order valence-electron chi connectivity index (χ1n) is 8.65. The number of rotatable bonds is 4. The fraction of sp³-hybridized carbons (Fsp3) is 0.824. The maximum absolute atomic E-state index is 10.9. The molecule has 3 aliphatic rings. The van der Waals surface area contributed by atoms with Gasteiger partial charge in [-0.3, -0.25) is 9.58 Å². The van der Waals surface area contributed by atoms with Crippen molar-refractivity contribution in [1.29, 1.82) is 0 Å². The monoisotopic (exact) mass is 289 g/mol. The Bertz CT molecular complexity index is 504. The number of hydrogen-bond donors (Lipinski definition) is 1. The van der Waals surface area contributed by atoms with Gasteiger partial charge in [-0.05, 0) is 45.1 Å². The van der Waals surface area contributed by atoms with Crippen molar-refractivity contribution in [3.8, 4) is 0 Å². The highest BCUT2D eigenvalue weighted by Gasteiger charge is 2.46. The largest absolute Gasteiger partial charge is 0.388 e. The first-order valence-corrected chi connectivity index (χ1v) is 8.65. The van der Waals surface area contributed by atoms with Crippen molar-refractivity contribution in [3.63, 3.8) is 0 Å². The van der Waals surface area contributed by atoms with Gasteiger partial charge < -0.3 is 5.11 Å². The predicted molar refractivity (Wildman–Crippen MR) is 82.2 cm³/mol. The van der Waals surface area contributed by atoms with Gasteiger partial charge in [0, 0.05) is 31.2 Å². The summed E-state index contributed by atoms with van der Waals surface area (Å²) in [6.45, 7) is 3.09. The van der Waals surface area contributed by atoms with Crippen molar-refractivity contribution in [2.45, 2.75) is 82.0 Å². The molecular weight excluding hydrogens is 262 g/mol. The standard InChI is InChI=1S/C17H27N3O/c1-13-10-17(21,12-19(13)15-6-7-15)11-14-8-9-20(18-14)16-4-2-3-5-16/h8-9,13,15-16,21H,2-7,10-12H2,1H3. The molecule has 1 saturated heterocycles. The van der Waals surface area contributed by atoms with Crippen LogP contribution >= 0.6 is 0 Å². The maximum atomic E-state index is 10.9. The lowest BCUT2D eigenvalue weighted by Gasteiger charge is -2.23. The van der Waals surface area contributed by atoms with E-state index in [2.05, 4.69) is 28.8 Å². The van der Waals surface area contributed by atoms with E-state index < -0.39 is 5.60 Å². The fourth-order valence-electron chi connectivity index (χ4n) is 4.43. The van der Waals surface area contributed by atoms with Crippen molar-refractivity contribution in [3.05, 3.63) is 18.0 Å². The van der Waals surface area contributed by atoms with Crippen LogP contribution < -0.4 is 0 Å². The van der Waals surface area contributed by atoms with Gasteiger partial charge in [0.1, 0.15) is 0 Å². The molecule has 3 fully saturated rings. The first kappa shape index (κ1) is 13.8. The van der Waals surface area contributed by atoms with Gasteiger partial charge in [-0.15, -0.1) is 0 Å². The minimum atomic E-state index is -0.573. The molecule has 0 radical (unpaired) electrons. The molecule has 0 amide bonds. The molecule has 4 rings (SSSR count). The van der Waals surface area contributed by atoms with Crippen LogP contribution in [0.2, 0.25) is 0 Å². The number of likely N-dealkylation sites (tertiary alicyclic amines) is 1. The van der Waals surface area contributed by atoms with Gasteiger partial charge in [0.05, 0.1) is 17.3 Å². The van der Waals surface area contributed by atoms with E-state index in [0.717, 1.165) is 24.7 Å². The molecule has 1 aromatic rings. The van der Waals surface area contributed by atoms with Crippen LogP contribution in [-0.4, -0.2) is 44.0 Å². The van der Waals surface area contributed by atoms with E-state index in [1.807, 2.05) is 0 Å². The molecule has 2 heterocycles. The van der Waals surface area contributed by atoms with Crippen LogP contribution in [0.5, 0.6) is 0 Å². The Morgan fingerprint density at radius 2 is 2.00 bits per heavy atom. The van der Waals surface area contributed by atoms with Crippen LogP contribution in [0.1, 0.15) is 63.6 Å². The Morgan fingerprint density at radius 3 is 2.71 bits per heavy atom. The van der Waals surface area contributed by atoms with Gasteiger partial charge in [-0.2, -0.15) is 5.10 Å². The zero-order chi connectivity index (χ0) is 14.4. The molecule has 0 aromatic carbocycles. The molecule has 2 aliphatic carbocycles. The summed E-state index contributed by atoms with van der Waals surface area (Å²) in [4.78, 5) is 2.51. The second-order valence-corrected chi connectivity index (χ2v) is 7.58. The number of hydrogen-bond acceptors (Lipinski definition) is 3. The molecule has 1 N–H and O–H groups in total. The minimum absolute atomic E-state index is 0.513. The van der Waals surface area contributed by atoms with Crippen molar-refractivity contribution in [2.24, 2.45) is 0 Å². The normalized spacial score (nSPS) is 34.9. The first-order chi connectivity index (χ1) is 10.1. The van der Waals surface area contributed by atoms with E-state index in [1.54, 1.807) is 0 Å². The van der Waals surface area contributed by atoms with E-state index >= 15 is 0 Å². The number of aromatic nitrogens is 2. The van der Waals surface area contributed by atoms with Crippen LogP contribution in [-0.2, 0) is 6.42 Å². The molecule has 2 atom stereocenters. The number of aliphatic hydroxyl groups is 1. The van der Waals surface area contributed by atoms with Crippen LogP contribution in [0.15, 0.2) is 12.3 Å². The van der Waals surface area contributed by atoms with Gasteiger partial charge in [0.2, 0.25) is 0 Å². The number of β-amino-alcohol motifs (C(OH)–C–C–N with tert-alkyl or cyclic N) is 1. The van der Waals surface area contributed by atoms with Crippen LogP contribution in [0.3, 0.4) is 0 Å². The highest BCUT2D eigenvalue weighted by Crippen LogP contribution is 2.38. The van der Waals surface area contributed by atoms with E-state index in [4.69, 9.17) is 5.10 Å². The second kappa shape index (κ2) is 5.10. The summed E-state index contributed by atoms with van der Waals surface area (Å²) in [6, 6.07) is 3.96. The Balaban J connectivity index is 1.43. The third-order valence-electron chi connectivity index (χ3n) is 5.61. The van der Waals surface area contributed by atoms with Crippen molar-refractivity contribution in [2.75, 3.05) is 6.54 Å². The van der Waals surface area contributed by atoms with Gasteiger partial charge in [-0.25, -0.2) is 0 Å². The topological polar surface area (TPSA) is 41.3 Å². The third kappa shape index (κ3) is 2.76. The molecule has 2 saturated carbocycles. The Morgan fingerprint density at radius 1 is 1.24 bits per heavy atom. The molecular formula is C17H27N3O. The summed E-state index contributed by atoms with van der Waals surface area (Å²) in [7, 11) is 0. The molecule has 0 bridgehead atoms. The quantitative estimate of drug-likeness (QED) is 0.926. The zero-order valence-electron chi connectivity index (χ0n) is 13.0. The fourth-order valence-corrected chi connectivity index (χ4v) is 4.43. The Hall–Kier alpha value is -0.870. The minimum Gasteiger partial charge on any atom is -0.388 e. The maximum Gasteiger partial charge on any atom is 0.0844 e. The molecule has 21 heavy (non-hydrogen) atoms. The predicted octanol–water partition coefficient (Wildman–Crippen LogP) is 2.53. The Labute approximate surface area is 127 Å². The molecule has 1 aliphatic heterocycles. The summed E-state index contributed by atoms with van der Waals surface area (Å²) >= 11 is 0. The lowest BCUT2D eigenvalue weighted by molar-refractivity contribution is 0.0475. The molecule has 4 nitrogen and oxygen atoms in total. The van der Waals surface area contributed by atoms with Gasteiger partial charge >= 0.3 is 0 Å². The molecule has 0 spiro atoms. The van der Waals surface area contributed by atoms with Crippen LogP contribution in [0, 0.1) is 0 Å².